The third-order valence-electron chi connectivity index (χ3n) is 4.12. The maximum atomic E-state index is 10.8. The van der Waals surface area contributed by atoms with Crippen molar-refractivity contribution >= 4 is 17.3 Å². The standard InChI is InChI=1S/C16H27N3O2S/c1-4-19(10-16(20)21)13-6-12(7-13)17-8-14-9-18-15(22-14)5-11(2)3/h9,11-13,17H,4-8,10H2,1-3H3,(H,20,21). The third-order valence-corrected chi connectivity index (χ3v) is 5.14. The zero-order valence-electron chi connectivity index (χ0n) is 13.7. The minimum atomic E-state index is -0.736. The van der Waals surface area contributed by atoms with E-state index in [1.807, 2.05) is 18.0 Å². The number of carboxylic acids is 1. The number of hydrogen-bond donors (Lipinski definition) is 2. The van der Waals surface area contributed by atoms with Crippen molar-refractivity contribution in [2.24, 2.45) is 5.92 Å². The van der Waals surface area contributed by atoms with Gasteiger partial charge in [-0.15, -0.1) is 11.3 Å². The van der Waals surface area contributed by atoms with Crippen LogP contribution in [0.2, 0.25) is 0 Å². The number of thiazole rings is 1. The average molecular weight is 325 g/mol. The summed E-state index contributed by atoms with van der Waals surface area (Å²) in [5, 5.41) is 13.7. The fourth-order valence-electron chi connectivity index (χ4n) is 2.84. The highest BCUT2D eigenvalue weighted by Crippen LogP contribution is 2.26. The molecule has 1 heterocycles. The summed E-state index contributed by atoms with van der Waals surface area (Å²) >= 11 is 1.80. The molecule has 124 valence electrons. The van der Waals surface area contributed by atoms with Crippen molar-refractivity contribution in [1.82, 2.24) is 15.2 Å². The first-order chi connectivity index (χ1) is 10.5. The van der Waals surface area contributed by atoms with Crippen LogP contribution in [0.15, 0.2) is 6.20 Å². The van der Waals surface area contributed by atoms with Gasteiger partial charge in [-0.3, -0.25) is 9.69 Å². The molecular weight excluding hydrogens is 298 g/mol. The predicted molar refractivity (Wildman–Crippen MR) is 89.2 cm³/mol. The van der Waals surface area contributed by atoms with E-state index < -0.39 is 5.97 Å². The molecule has 5 nitrogen and oxygen atoms in total. The molecule has 1 aliphatic carbocycles. The SMILES string of the molecule is CCN(CC(=O)O)C1CC(NCc2cnc(CC(C)C)s2)C1. The summed E-state index contributed by atoms with van der Waals surface area (Å²) in [6, 6.07) is 0.917. The third kappa shape index (κ3) is 5.04. The van der Waals surface area contributed by atoms with E-state index >= 15 is 0 Å². The summed E-state index contributed by atoms with van der Waals surface area (Å²) in [6.07, 6.45) is 5.11. The summed E-state index contributed by atoms with van der Waals surface area (Å²) in [4.78, 5) is 18.6. The summed E-state index contributed by atoms with van der Waals surface area (Å²) in [7, 11) is 0. The van der Waals surface area contributed by atoms with Gasteiger partial charge in [0.1, 0.15) is 0 Å². The first-order valence-electron chi connectivity index (χ1n) is 8.10. The lowest BCUT2D eigenvalue weighted by atomic mass is 9.85. The highest BCUT2D eigenvalue weighted by molar-refractivity contribution is 7.11. The zero-order valence-corrected chi connectivity index (χ0v) is 14.5. The minimum absolute atomic E-state index is 0.154. The molecule has 1 aromatic rings. The zero-order chi connectivity index (χ0) is 16.1. The largest absolute Gasteiger partial charge is 0.480 e. The Morgan fingerprint density at radius 2 is 2.27 bits per heavy atom. The topological polar surface area (TPSA) is 65.5 Å². The molecule has 0 atom stereocenters. The number of aromatic nitrogens is 1. The fraction of sp³-hybridized carbons (Fsp3) is 0.750. The number of aliphatic carboxylic acids is 1. The Morgan fingerprint density at radius 3 is 2.86 bits per heavy atom. The molecule has 0 aliphatic heterocycles. The van der Waals surface area contributed by atoms with Crippen LogP contribution < -0.4 is 5.32 Å². The highest BCUT2D eigenvalue weighted by atomic mass is 32.1. The van der Waals surface area contributed by atoms with Crippen LogP contribution in [0.5, 0.6) is 0 Å². The van der Waals surface area contributed by atoms with Crippen molar-refractivity contribution in [1.29, 1.82) is 0 Å². The molecule has 2 N–H and O–H groups in total. The van der Waals surface area contributed by atoms with Crippen LogP contribution >= 0.6 is 11.3 Å². The Labute approximate surface area is 136 Å². The molecule has 0 bridgehead atoms. The van der Waals surface area contributed by atoms with E-state index in [4.69, 9.17) is 5.11 Å². The molecule has 1 fully saturated rings. The first-order valence-corrected chi connectivity index (χ1v) is 8.92. The van der Waals surface area contributed by atoms with Crippen LogP contribution in [0.3, 0.4) is 0 Å². The van der Waals surface area contributed by atoms with Gasteiger partial charge in [0.05, 0.1) is 11.6 Å². The monoisotopic (exact) mass is 325 g/mol. The van der Waals surface area contributed by atoms with Gasteiger partial charge in [-0.05, 0) is 25.3 Å². The van der Waals surface area contributed by atoms with E-state index in [2.05, 4.69) is 24.1 Å². The van der Waals surface area contributed by atoms with Gasteiger partial charge in [-0.1, -0.05) is 20.8 Å². The highest BCUT2D eigenvalue weighted by Gasteiger charge is 2.33. The Kier molecular flexibility index (Phi) is 6.35. The summed E-state index contributed by atoms with van der Waals surface area (Å²) in [5.74, 6) is -0.0887. The van der Waals surface area contributed by atoms with Crippen molar-refractivity contribution in [3.05, 3.63) is 16.1 Å². The fourth-order valence-corrected chi connectivity index (χ4v) is 3.93. The van der Waals surface area contributed by atoms with E-state index in [0.717, 1.165) is 32.4 Å². The van der Waals surface area contributed by atoms with Gasteiger partial charge in [-0.25, -0.2) is 4.98 Å². The molecule has 1 saturated carbocycles. The summed E-state index contributed by atoms with van der Waals surface area (Å²) < 4.78 is 0. The van der Waals surface area contributed by atoms with E-state index in [0.29, 0.717) is 18.0 Å². The Morgan fingerprint density at radius 1 is 1.55 bits per heavy atom. The number of nitrogens with one attached hydrogen (secondary N) is 1. The van der Waals surface area contributed by atoms with Gasteiger partial charge < -0.3 is 10.4 Å². The maximum absolute atomic E-state index is 10.8. The van der Waals surface area contributed by atoms with Crippen LogP contribution in [0, 0.1) is 5.92 Å². The second-order valence-electron chi connectivity index (χ2n) is 6.48. The van der Waals surface area contributed by atoms with E-state index in [1.165, 1.54) is 9.88 Å². The van der Waals surface area contributed by atoms with Gasteiger partial charge in [0.2, 0.25) is 0 Å². The molecule has 1 aliphatic rings. The molecule has 0 amide bonds. The lowest BCUT2D eigenvalue weighted by Crippen LogP contribution is -2.53. The van der Waals surface area contributed by atoms with Crippen molar-refractivity contribution in [2.75, 3.05) is 13.1 Å². The molecular formula is C16H27N3O2S. The van der Waals surface area contributed by atoms with Crippen LogP contribution in [-0.4, -0.2) is 46.1 Å². The number of likely N-dealkylation sites (N-methyl/N-ethyl adjacent to an activating group) is 1. The first kappa shape index (κ1) is 17.4. The van der Waals surface area contributed by atoms with Gasteiger partial charge in [0.15, 0.2) is 0 Å². The minimum Gasteiger partial charge on any atom is -0.480 e. The lowest BCUT2D eigenvalue weighted by Gasteiger charge is -2.42. The van der Waals surface area contributed by atoms with Gasteiger partial charge >= 0.3 is 5.97 Å². The number of carboxylic acid groups (broad SMARTS) is 1. The maximum Gasteiger partial charge on any atom is 0.317 e. The Bertz CT molecular complexity index is 483. The number of hydrogen-bond acceptors (Lipinski definition) is 5. The average Bonchev–Trinajstić information content (AvgIpc) is 2.81. The van der Waals surface area contributed by atoms with Crippen molar-refractivity contribution in [3.8, 4) is 0 Å². The van der Waals surface area contributed by atoms with E-state index in [9.17, 15) is 4.79 Å². The van der Waals surface area contributed by atoms with Crippen molar-refractivity contribution in [3.63, 3.8) is 0 Å². The molecule has 2 rings (SSSR count). The summed E-state index contributed by atoms with van der Waals surface area (Å²) in [5.41, 5.74) is 0. The Balaban J connectivity index is 1.69. The van der Waals surface area contributed by atoms with Crippen LogP contribution in [0.4, 0.5) is 0 Å². The predicted octanol–water partition coefficient (Wildman–Crippen LogP) is 2.37. The molecule has 0 saturated heterocycles. The van der Waals surface area contributed by atoms with Gasteiger partial charge in [0, 0.05) is 36.1 Å². The van der Waals surface area contributed by atoms with Gasteiger partial charge in [0.25, 0.3) is 0 Å². The molecule has 22 heavy (non-hydrogen) atoms. The van der Waals surface area contributed by atoms with Crippen LogP contribution in [-0.2, 0) is 17.8 Å². The van der Waals surface area contributed by atoms with Crippen molar-refractivity contribution in [2.45, 2.75) is 58.7 Å². The summed E-state index contributed by atoms with van der Waals surface area (Å²) in [6.45, 7) is 8.28. The van der Waals surface area contributed by atoms with Crippen LogP contribution in [0.25, 0.3) is 0 Å². The normalized spacial score (nSPS) is 21.3. The second kappa shape index (κ2) is 8.04. The molecule has 1 aromatic heterocycles. The molecule has 0 spiro atoms. The smallest absolute Gasteiger partial charge is 0.317 e. The second-order valence-corrected chi connectivity index (χ2v) is 7.68. The molecule has 6 heteroatoms. The number of rotatable bonds is 9. The van der Waals surface area contributed by atoms with Crippen molar-refractivity contribution < 1.29 is 9.90 Å². The molecule has 0 aromatic carbocycles. The molecule has 0 unspecified atom stereocenters. The van der Waals surface area contributed by atoms with E-state index in [1.54, 1.807) is 11.3 Å². The quantitative estimate of drug-likeness (QED) is 0.730. The Hall–Kier alpha value is -0.980. The van der Waals surface area contributed by atoms with E-state index in [-0.39, 0.29) is 6.54 Å². The number of nitrogens with zero attached hydrogens (tertiary/aromatic N) is 2. The number of carbonyl (C=O) groups is 1. The molecule has 0 radical (unpaired) electrons. The van der Waals surface area contributed by atoms with Gasteiger partial charge in [-0.2, -0.15) is 0 Å². The lowest BCUT2D eigenvalue weighted by molar-refractivity contribution is -0.139. The van der Waals surface area contributed by atoms with Crippen LogP contribution in [0.1, 0.15) is 43.5 Å².